The molecule has 0 bridgehead atoms. The Hall–Kier alpha value is -8.54. The van der Waals surface area contributed by atoms with Crippen molar-refractivity contribution < 1.29 is 4.74 Å². The third-order valence-electron chi connectivity index (χ3n) is 13.0. The number of nitrogens with zero attached hydrogens (tertiary/aromatic N) is 4. The minimum absolute atomic E-state index is 0.682. The molecule has 0 spiro atoms. The largest absolute Gasteiger partial charge is 0.496 e. The third kappa shape index (κ3) is 5.51. The Morgan fingerprint density at radius 3 is 1.55 bits per heavy atom. The van der Waals surface area contributed by atoms with Gasteiger partial charge in [-0.25, -0.2) is 9.97 Å². The Bertz CT molecular complexity index is 3990. The molecule has 0 saturated heterocycles. The van der Waals surface area contributed by atoms with E-state index < -0.39 is 0 Å². The summed E-state index contributed by atoms with van der Waals surface area (Å²) < 4.78 is 10.5. The van der Waals surface area contributed by atoms with E-state index in [1.165, 1.54) is 43.7 Å². The quantitative estimate of drug-likeness (QED) is 0.157. The molecule has 0 N–H and O–H groups in total. The lowest BCUT2D eigenvalue weighted by molar-refractivity contribution is 0.420. The van der Waals surface area contributed by atoms with Gasteiger partial charge in [-0.15, -0.1) is 0 Å². The van der Waals surface area contributed by atoms with Crippen molar-refractivity contribution in [3.05, 3.63) is 212 Å². The van der Waals surface area contributed by atoms with Crippen LogP contribution in [0.1, 0.15) is 0 Å². The molecule has 0 unspecified atom stereocenters. The summed E-state index contributed by atoms with van der Waals surface area (Å²) in [5.74, 6) is 1.52. The van der Waals surface area contributed by atoms with E-state index in [1.807, 2.05) is 6.07 Å². The lowest BCUT2D eigenvalue weighted by Gasteiger charge is -2.15. The molecule has 13 aromatic rings. The topological polar surface area (TPSA) is 44.9 Å². The lowest BCUT2D eigenvalue weighted by Crippen LogP contribution is -1.98. The van der Waals surface area contributed by atoms with Crippen LogP contribution in [0.4, 0.5) is 0 Å². The predicted molar refractivity (Wildman–Crippen MR) is 266 cm³/mol. The average molecular weight is 819 g/mol. The zero-order chi connectivity index (χ0) is 42.3. The van der Waals surface area contributed by atoms with E-state index in [1.54, 1.807) is 7.11 Å². The van der Waals surface area contributed by atoms with Gasteiger partial charge in [-0.2, -0.15) is 0 Å². The second kappa shape index (κ2) is 14.3. The van der Waals surface area contributed by atoms with E-state index in [-0.39, 0.29) is 0 Å². The number of hydrogen-bond acceptors (Lipinski definition) is 3. The van der Waals surface area contributed by atoms with E-state index in [0.717, 1.165) is 77.4 Å². The summed E-state index contributed by atoms with van der Waals surface area (Å²) in [5.41, 5.74) is 13.1. The molecular formula is C59H38N4O. The van der Waals surface area contributed by atoms with Crippen LogP contribution in [0, 0.1) is 0 Å². The van der Waals surface area contributed by atoms with Crippen molar-refractivity contribution in [1.82, 2.24) is 19.1 Å². The molecule has 0 atom stereocenters. The molecule has 13 rings (SSSR count). The van der Waals surface area contributed by atoms with Crippen molar-refractivity contribution in [2.45, 2.75) is 0 Å². The van der Waals surface area contributed by atoms with E-state index >= 15 is 0 Å². The van der Waals surface area contributed by atoms with Crippen LogP contribution in [0.25, 0.3) is 121 Å². The maximum atomic E-state index is 5.78. The molecule has 0 aliphatic rings. The van der Waals surface area contributed by atoms with Crippen molar-refractivity contribution in [2.75, 3.05) is 7.11 Å². The molecule has 0 aliphatic heterocycles. The second-order valence-electron chi connectivity index (χ2n) is 16.5. The highest BCUT2D eigenvalue weighted by molar-refractivity contribution is 6.14. The van der Waals surface area contributed by atoms with Gasteiger partial charge in [0.2, 0.25) is 0 Å². The Balaban J connectivity index is 0.937. The van der Waals surface area contributed by atoms with Crippen LogP contribution in [-0.4, -0.2) is 26.2 Å². The number of ether oxygens (including phenoxy) is 1. The molecule has 300 valence electrons. The fraction of sp³-hybridized carbons (Fsp3) is 0.0169. The molecule has 5 nitrogen and oxygen atoms in total. The molecule has 0 amide bonds. The minimum atomic E-state index is 0.682. The normalized spacial score (nSPS) is 11.8. The van der Waals surface area contributed by atoms with Crippen LogP contribution in [-0.2, 0) is 0 Å². The highest BCUT2D eigenvalue weighted by atomic mass is 16.5. The summed E-state index contributed by atoms with van der Waals surface area (Å²) in [6.07, 6.45) is 0. The van der Waals surface area contributed by atoms with Gasteiger partial charge < -0.3 is 13.9 Å². The number of hydrogen-bond donors (Lipinski definition) is 0. The fourth-order valence-electron chi connectivity index (χ4n) is 10.1. The lowest BCUT2D eigenvalue weighted by atomic mass is 9.97. The summed E-state index contributed by atoms with van der Waals surface area (Å²) in [6.45, 7) is 0. The molecule has 3 aromatic heterocycles. The zero-order valence-electron chi connectivity index (χ0n) is 34.9. The van der Waals surface area contributed by atoms with Crippen molar-refractivity contribution in [1.29, 1.82) is 0 Å². The smallest absolute Gasteiger partial charge is 0.160 e. The van der Waals surface area contributed by atoms with Crippen molar-refractivity contribution in [3.63, 3.8) is 0 Å². The van der Waals surface area contributed by atoms with Gasteiger partial charge in [0.05, 0.1) is 40.4 Å². The van der Waals surface area contributed by atoms with E-state index in [9.17, 15) is 0 Å². The molecule has 0 fully saturated rings. The molecule has 64 heavy (non-hydrogen) atoms. The molecule has 10 aromatic carbocycles. The van der Waals surface area contributed by atoms with Gasteiger partial charge >= 0.3 is 0 Å². The van der Waals surface area contributed by atoms with Gasteiger partial charge in [0.25, 0.3) is 0 Å². The minimum Gasteiger partial charge on any atom is -0.496 e. The standard InChI is InChI=1S/C59H38N4O/c1-64-56-34-31-48(44-17-7-8-20-47(44)56)58-49-30-25-37-13-5-6-16-43(37)57(49)60-59(61-58)38-23-28-42(29-24-38)63-53-22-12-10-19-46(53)51-36-40(27-33-55(51)63)39-26-32-54-50(35-39)45-18-9-11-21-52(45)62(54)41-14-3-2-4-15-41/h2-36H,1H3. The first kappa shape index (κ1) is 36.1. The molecule has 0 radical (unpaired) electrons. The average Bonchev–Trinajstić information content (AvgIpc) is 3.88. The number of benzene rings is 10. The number of aromatic nitrogens is 4. The van der Waals surface area contributed by atoms with Gasteiger partial charge in [0.15, 0.2) is 5.82 Å². The molecular weight excluding hydrogens is 781 g/mol. The van der Waals surface area contributed by atoms with Crippen molar-refractivity contribution >= 4 is 76.1 Å². The van der Waals surface area contributed by atoms with Gasteiger partial charge in [-0.1, -0.05) is 121 Å². The molecule has 5 heteroatoms. The molecule has 0 saturated carbocycles. The van der Waals surface area contributed by atoms with E-state index in [0.29, 0.717) is 5.82 Å². The number of para-hydroxylation sites is 3. The second-order valence-corrected chi connectivity index (χ2v) is 16.5. The Morgan fingerprint density at radius 1 is 0.359 bits per heavy atom. The molecule has 0 aliphatic carbocycles. The monoisotopic (exact) mass is 818 g/mol. The highest BCUT2D eigenvalue weighted by Gasteiger charge is 2.19. The summed E-state index contributed by atoms with van der Waals surface area (Å²) in [5, 5.41) is 10.3. The Kier molecular flexibility index (Phi) is 8.06. The zero-order valence-corrected chi connectivity index (χ0v) is 34.9. The first-order valence-corrected chi connectivity index (χ1v) is 21.7. The van der Waals surface area contributed by atoms with Gasteiger partial charge in [-0.3, -0.25) is 0 Å². The van der Waals surface area contributed by atoms with Gasteiger partial charge in [0, 0.05) is 60.2 Å². The van der Waals surface area contributed by atoms with Gasteiger partial charge in [0.1, 0.15) is 5.75 Å². The SMILES string of the molecule is COc1ccc(-c2nc(-c3ccc(-n4c5ccccc5c5cc(-c6ccc7c(c6)c6ccccc6n7-c6ccccc6)ccc54)cc3)nc3c2ccc2ccccc23)c2ccccc12. The Labute approximate surface area is 368 Å². The summed E-state index contributed by atoms with van der Waals surface area (Å²) >= 11 is 0. The number of rotatable bonds is 6. The maximum Gasteiger partial charge on any atom is 0.160 e. The van der Waals surface area contributed by atoms with E-state index in [4.69, 9.17) is 14.7 Å². The summed E-state index contributed by atoms with van der Waals surface area (Å²) in [4.78, 5) is 10.7. The highest BCUT2D eigenvalue weighted by Crippen LogP contribution is 2.41. The summed E-state index contributed by atoms with van der Waals surface area (Å²) in [6, 6.07) is 75.9. The van der Waals surface area contributed by atoms with Crippen LogP contribution in [0.5, 0.6) is 5.75 Å². The van der Waals surface area contributed by atoms with Crippen LogP contribution in [0.2, 0.25) is 0 Å². The maximum absolute atomic E-state index is 5.78. The predicted octanol–water partition coefficient (Wildman–Crippen LogP) is 15.1. The summed E-state index contributed by atoms with van der Waals surface area (Å²) in [7, 11) is 1.72. The fourth-order valence-corrected chi connectivity index (χ4v) is 10.1. The first-order chi connectivity index (χ1) is 31.7. The number of fused-ring (bicyclic) bond motifs is 10. The van der Waals surface area contributed by atoms with Crippen LogP contribution in [0.15, 0.2) is 212 Å². The third-order valence-corrected chi connectivity index (χ3v) is 13.0. The van der Waals surface area contributed by atoms with Gasteiger partial charge in [-0.05, 0) is 113 Å². The Morgan fingerprint density at radius 2 is 0.891 bits per heavy atom. The van der Waals surface area contributed by atoms with Crippen LogP contribution in [0.3, 0.4) is 0 Å². The van der Waals surface area contributed by atoms with Crippen LogP contribution >= 0.6 is 0 Å². The molecule has 3 heterocycles. The van der Waals surface area contributed by atoms with Crippen molar-refractivity contribution in [3.8, 4) is 50.9 Å². The van der Waals surface area contributed by atoms with Crippen molar-refractivity contribution in [2.24, 2.45) is 0 Å². The number of methoxy groups -OCH3 is 1. The first-order valence-electron chi connectivity index (χ1n) is 21.7. The van der Waals surface area contributed by atoms with E-state index in [2.05, 4.69) is 215 Å². The van der Waals surface area contributed by atoms with Crippen LogP contribution < -0.4 is 4.74 Å².